The molecule has 0 radical (unpaired) electrons. The molecule has 1 aromatic heterocycles. The van der Waals surface area contributed by atoms with E-state index in [2.05, 4.69) is 4.98 Å². The van der Waals surface area contributed by atoms with Crippen LogP contribution in [0.1, 0.15) is 36.2 Å². The van der Waals surface area contributed by atoms with Gasteiger partial charge in [0, 0.05) is 23.9 Å². The lowest BCUT2D eigenvalue weighted by molar-refractivity contribution is -0.149. The van der Waals surface area contributed by atoms with Crippen molar-refractivity contribution in [1.82, 2.24) is 9.88 Å². The number of rotatable bonds is 4. The van der Waals surface area contributed by atoms with Crippen molar-refractivity contribution in [2.24, 2.45) is 11.1 Å². The van der Waals surface area contributed by atoms with Gasteiger partial charge in [0.1, 0.15) is 12.3 Å². The van der Waals surface area contributed by atoms with Crippen LogP contribution in [0.25, 0.3) is 10.9 Å². The Kier molecular flexibility index (Phi) is 4.36. The highest BCUT2D eigenvalue weighted by Gasteiger charge is 2.49. The number of nitrogens with zero attached hydrogens (tertiary/aromatic N) is 2. The zero-order valence-electron chi connectivity index (χ0n) is 14.7. The Labute approximate surface area is 152 Å². The van der Waals surface area contributed by atoms with Gasteiger partial charge in [0.25, 0.3) is 5.91 Å². The number of fused-ring (bicyclic) bond motifs is 1. The zero-order chi connectivity index (χ0) is 18.1. The van der Waals surface area contributed by atoms with Gasteiger partial charge in [0.2, 0.25) is 5.91 Å². The largest absolute Gasteiger partial charge is 0.368 e. The summed E-state index contributed by atoms with van der Waals surface area (Å²) >= 11 is 0. The average Bonchev–Trinajstić information content (AvgIpc) is 2.66. The number of primary amides is 1. The number of hydrogen-bond acceptors (Lipinski definition) is 4. The predicted molar refractivity (Wildman–Crippen MR) is 97.5 cm³/mol. The smallest absolute Gasteiger partial charge is 0.272 e. The van der Waals surface area contributed by atoms with E-state index in [-0.39, 0.29) is 24.0 Å². The Morgan fingerprint density at radius 1 is 1.15 bits per heavy atom. The molecule has 136 valence electrons. The van der Waals surface area contributed by atoms with Crippen LogP contribution >= 0.6 is 0 Å². The minimum Gasteiger partial charge on any atom is -0.368 e. The van der Waals surface area contributed by atoms with Crippen molar-refractivity contribution >= 4 is 22.7 Å². The summed E-state index contributed by atoms with van der Waals surface area (Å²) in [5.41, 5.74) is 6.61. The molecule has 2 heterocycles. The highest BCUT2D eigenvalue weighted by molar-refractivity contribution is 5.95. The third-order valence-electron chi connectivity index (χ3n) is 5.88. The molecule has 1 spiro atoms. The summed E-state index contributed by atoms with van der Waals surface area (Å²) in [7, 11) is 0. The Morgan fingerprint density at radius 3 is 2.62 bits per heavy atom. The number of carbonyl (C=O) groups excluding carboxylic acids is 2. The molecule has 2 fully saturated rings. The van der Waals surface area contributed by atoms with Crippen LogP contribution in [-0.2, 0) is 9.53 Å². The van der Waals surface area contributed by atoms with Crippen LogP contribution in [0.15, 0.2) is 36.4 Å². The molecule has 1 aromatic carbocycles. The highest BCUT2D eigenvalue weighted by atomic mass is 16.5. The van der Waals surface area contributed by atoms with Crippen LogP contribution in [0.5, 0.6) is 0 Å². The highest BCUT2D eigenvalue weighted by Crippen LogP contribution is 2.50. The van der Waals surface area contributed by atoms with Crippen molar-refractivity contribution in [1.29, 1.82) is 0 Å². The molecule has 1 atom stereocenters. The van der Waals surface area contributed by atoms with Gasteiger partial charge < -0.3 is 15.4 Å². The lowest BCUT2D eigenvalue weighted by atomic mass is 9.60. The van der Waals surface area contributed by atoms with Crippen molar-refractivity contribution < 1.29 is 14.3 Å². The number of likely N-dealkylation sites (tertiary alicyclic amines) is 1. The third-order valence-corrected chi connectivity index (χ3v) is 5.88. The lowest BCUT2D eigenvalue weighted by Crippen LogP contribution is -2.54. The van der Waals surface area contributed by atoms with Gasteiger partial charge in [-0.05, 0) is 37.8 Å². The van der Waals surface area contributed by atoms with Gasteiger partial charge in [-0.15, -0.1) is 0 Å². The SMILES string of the molecule is NC(=O)CO[C@H]1CCC12CCN(C(=O)c1ccc3ccccc3n1)CC2. The van der Waals surface area contributed by atoms with E-state index in [1.54, 1.807) is 6.07 Å². The van der Waals surface area contributed by atoms with Crippen molar-refractivity contribution in [3.63, 3.8) is 0 Å². The van der Waals surface area contributed by atoms with Gasteiger partial charge >= 0.3 is 0 Å². The number of carbonyl (C=O) groups is 2. The van der Waals surface area contributed by atoms with Crippen LogP contribution in [0.4, 0.5) is 0 Å². The number of amides is 2. The lowest BCUT2D eigenvalue weighted by Gasteiger charge is -2.53. The fourth-order valence-electron chi connectivity index (χ4n) is 4.19. The number of benzene rings is 1. The molecule has 2 amide bonds. The predicted octanol–water partition coefficient (Wildman–Crippen LogP) is 2.12. The van der Waals surface area contributed by atoms with Gasteiger partial charge in [-0.3, -0.25) is 9.59 Å². The van der Waals surface area contributed by atoms with Gasteiger partial charge in [0.05, 0.1) is 11.6 Å². The molecule has 1 saturated carbocycles. The summed E-state index contributed by atoms with van der Waals surface area (Å²) in [5, 5.41) is 1.03. The van der Waals surface area contributed by atoms with Crippen molar-refractivity contribution in [3.8, 4) is 0 Å². The normalized spacial score (nSPS) is 21.5. The molecule has 1 saturated heterocycles. The fraction of sp³-hybridized carbons (Fsp3) is 0.450. The molecule has 26 heavy (non-hydrogen) atoms. The minimum atomic E-state index is -0.429. The maximum absolute atomic E-state index is 12.8. The standard InChI is InChI=1S/C20H23N3O3/c21-18(24)13-26-17-7-8-20(17)9-11-23(12-10-20)19(25)16-6-5-14-3-1-2-4-15(14)22-16/h1-6,17H,7-13H2,(H2,21,24)/t17-/m0/s1. The molecule has 6 heteroatoms. The van der Waals surface area contributed by atoms with Crippen LogP contribution in [-0.4, -0.2) is 47.5 Å². The van der Waals surface area contributed by atoms with E-state index in [1.165, 1.54) is 0 Å². The maximum Gasteiger partial charge on any atom is 0.272 e. The van der Waals surface area contributed by atoms with Crippen LogP contribution in [0.2, 0.25) is 0 Å². The quantitative estimate of drug-likeness (QED) is 0.912. The van der Waals surface area contributed by atoms with Crippen molar-refractivity contribution in [2.75, 3.05) is 19.7 Å². The summed E-state index contributed by atoms with van der Waals surface area (Å²) < 4.78 is 5.67. The Hall–Kier alpha value is -2.47. The Bertz CT molecular complexity index is 843. The van der Waals surface area contributed by atoms with E-state index < -0.39 is 5.91 Å². The van der Waals surface area contributed by atoms with Crippen molar-refractivity contribution in [2.45, 2.75) is 31.8 Å². The van der Waals surface area contributed by atoms with Gasteiger partial charge in [-0.2, -0.15) is 0 Å². The first-order valence-corrected chi connectivity index (χ1v) is 9.12. The monoisotopic (exact) mass is 353 g/mol. The van der Waals surface area contributed by atoms with E-state index in [9.17, 15) is 9.59 Å². The van der Waals surface area contributed by atoms with E-state index in [1.807, 2.05) is 35.2 Å². The molecule has 1 aliphatic heterocycles. The first-order chi connectivity index (χ1) is 12.6. The van der Waals surface area contributed by atoms with Crippen molar-refractivity contribution in [3.05, 3.63) is 42.1 Å². The number of pyridine rings is 1. The number of nitrogens with two attached hydrogens (primary N) is 1. The molecule has 0 unspecified atom stereocenters. The molecule has 2 aliphatic rings. The van der Waals surface area contributed by atoms with Crippen LogP contribution in [0, 0.1) is 5.41 Å². The second-order valence-electron chi connectivity index (χ2n) is 7.35. The molecule has 2 N–H and O–H groups in total. The fourth-order valence-corrected chi connectivity index (χ4v) is 4.19. The summed E-state index contributed by atoms with van der Waals surface area (Å²) in [6, 6.07) is 11.6. The number of hydrogen-bond donors (Lipinski definition) is 1. The molecule has 2 aromatic rings. The summed E-state index contributed by atoms with van der Waals surface area (Å²) in [5.74, 6) is -0.443. The molecule has 6 nitrogen and oxygen atoms in total. The maximum atomic E-state index is 12.8. The first kappa shape index (κ1) is 17.0. The molecule has 1 aliphatic carbocycles. The minimum absolute atomic E-state index is 0.0143. The Balaban J connectivity index is 1.41. The second kappa shape index (κ2) is 6.68. The molecule has 0 bridgehead atoms. The Morgan fingerprint density at radius 2 is 1.92 bits per heavy atom. The van der Waals surface area contributed by atoms with E-state index in [0.717, 1.165) is 36.6 Å². The first-order valence-electron chi connectivity index (χ1n) is 9.12. The number of aromatic nitrogens is 1. The topological polar surface area (TPSA) is 85.5 Å². The summed E-state index contributed by atoms with van der Waals surface area (Å²) in [4.78, 5) is 30.2. The number of ether oxygens (including phenoxy) is 1. The van der Waals surface area contributed by atoms with Crippen LogP contribution in [0.3, 0.4) is 0 Å². The number of piperidine rings is 1. The molecular formula is C20H23N3O3. The second-order valence-corrected chi connectivity index (χ2v) is 7.35. The van der Waals surface area contributed by atoms with E-state index >= 15 is 0 Å². The van der Waals surface area contributed by atoms with E-state index in [4.69, 9.17) is 10.5 Å². The zero-order valence-corrected chi connectivity index (χ0v) is 14.7. The average molecular weight is 353 g/mol. The third kappa shape index (κ3) is 3.05. The molecule has 4 rings (SSSR count). The van der Waals surface area contributed by atoms with E-state index in [0.29, 0.717) is 18.8 Å². The van der Waals surface area contributed by atoms with Crippen LogP contribution < -0.4 is 5.73 Å². The van der Waals surface area contributed by atoms with Gasteiger partial charge in [-0.25, -0.2) is 4.98 Å². The van der Waals surface area contributed by atoms with Gasteiger partial charge in [-0.1, -0.05) is 24.3 Å². The van der Waals surface area contributed by atoms with Gasteiger partial charge in [0.15, 0.2) is 0 Å². The number of para-hydroxylation sites is 1. The summed E-state index contributed by atoms with van der Waals surface area (Å²) in [6.07, 6.45) is 3.94. The summed E-state index contributed by atoms with van der Waals surface area (Å²) in [6.45, 7) is 1.38. The molecular weight excluding hydrogens is 330 g/mol.